The summed E-state index contributed by atoms with van der Waals surface area (Å²) >= 11 is 0. The van der Waals surface area contributed by atoms with Crippen molar-refractivity contribution in [3.63, 3.8) is 0 Å². The maximum absolute atomic E-state index is 12.6. The Morgan fingerprint density at radius 2 is 2.00 bits per heavy atom. The van der Waals surface area contributed by atoms with Crippen LogP contribution in [0.1, 0.15) is 53.9 Å². The van der Waals surface area contributed by atoms with Crippen molar-refractivity contribution in [2.24, 2.45) is 0 Å². The average Bonchev–Trinajstić information content (AvgIpc) is 2.77. The first-order chi connectivity index (χ1) is 11.3. The maximum atomic E-state index is 12.6. The number of rotatable bonds is 2. The van der Waals surface area contributed by atoms with Crippen molar-refractivity contribution in [1.82, 2.24) is 0 Å². The highest BCUT2D eigenvalue weighted by molar-refractivity contribution is 5.97. The van der Waals surface area contributed by atoms with E-state index in [0.29, 0.717) is 5.57 Å². The number of ether oxygens (including phenoxy) is 3. The quantitative estimate of drug-likeness (QED) is 0.713. The average molecular weight is 354 g/mol. The smallest absolute Gasteiger partial charge is 0.303 e. The molecule has 4 atom stereocenters. The largest absolute Gasteiger partial charge is 0.487 e. The predicted octanol–water partition coefficient (Wildman–Crippen LogP) is 1.00. The minimum atomic E-state index is -1.55. The molecule has 2 aliphatic heterocycles. The second-order valence-electron chi connectivity index (χ2n) is 8.46. The summed E-state index contributed by atoms with van der Waals surface area (Å²) in [5.74, 6) is -0.465. The molecule has 0 spiro atoms. The van der Waals surface area contributed by atoms with Crippen molar-refractivity contribution >= 4 is 11.8 Å². The summed E-state index contributed by atoms with van der Waals surface area (Å²) in [5.41, 5.74) is -3.08. The topological polar surface area (TPSA) is 102 Å². The molecule has 2 N–H and O–H groups in total. The zero-order valence-corrected chi connectivity index (χ0v) is 15.3. The Balaban J connectivity index is 2.05. The Morgan fingerprint density at radius 1 is 1.36 bits per heavy atom. The first-order valence-corrected chi connectivity index (χ1v) is 8.56. The number of hydrogen-bond acceptors (Lipinski definition) is 7. The van der Waals surface area contributed by atoms with Crippen LogP contribution >= 0.6 is 0 Å². The molecule has 0 amide bonds. The third-order valence-corrected chi connectivity index (χ3v) is 5.16. The van der Waals surface area contributed by atoms with Gasteiger partial charge in [-0.1, -0.05) is 0 Å². The molecule has 3 rings (SSSR count). The van der Waals surface area contributed by atoms with Crippen LogP contribution in [0.5, 0.6) is 0 Å². The molecule has 140 valence electrons. The van der Waals surface area contributed by atoms with Crippen molar-refractivity contribution in [3.05, 3.63) is 11.3 Å². The number of carbonyl (C=O) groups is 2. The van der Waals surface area contributed by atoms with E-state index in [1.54, 1.807) is 27.7 Å². The third kappa shape index (κ3) is 3.09. The van der Waals surface area contributed by atoms with Gasteiger partial charge in [0.1, 0.15) is 17.0 Å². The Morgan fingerprint density at radius 3 is 2.56 bits per heavy atom. The van der Waals surface area contributed by atoms with Crippen molar-refractivity contribution in [3.8, 4) is 0 Å². The van der Waals surface area contributed by atoms with Crippen molar-refractivity contribution in [2.75, 3.05) is 0 Å². The zero-order valence-electron chi connectivity index (χ0n) is 15.3. The number of hydrogen-bond donors (Lipinski definition) is 2. The summed E-state index contributed by atoms with van der Waals surface area (Å²) < 4.78 is 17.2. The van der Waals surface area contributed by atoms with Crippen LogP contribution in [0, 0.1) is 0 Å². The molecular weight excluding hydrogens is 328 g/mol. The van der Waals surface area contributed by atoms with Gasteiger partial charge in [-0.05, 0) is 27.7 Å². The minimum absolute atomic E-state index is 0.0773. The van der Waals surface area contributed by atoms with Gasteiger partial charge in [-0.25, -0.2) is 0 Å². The number of ketones is 1. The number of aliphatic hydroxyl groups is 2. The highest BCUT2D eigenvalue weighted by Gasteiger charge is 2.62. The summed E-state index contributed by atoms with van der Waals surface area (Å²) in [5, 5.41) is 21.6. The van der Waals surface area contributed by atoms with E-state index in [1.165, 1.54) is 6.92 Å². The van der Waals surface area contributed by atoms with Crippen LogP contribution in [0.4, 0.5) is 0 Å². The van der Waals surface area contributed by atoms with Gasteiger partial charge >= 0.3 is 5.97 Å². The molecule has 0 aromatic carbocycles. The maximum Gasteiger partial charge on any atom is 0.303 e. The first-order valence-electron chi connectivity index (χ1n) is 8.56. The molecule has 0 saturated carbocycles. The fourth-order valence-electron chi connectivity index (χ4n) is 3.90. The van der Waals surface area contributed by atoms with Gasteiger partial charge in [0.25, 0.3) is 0 Å². The molecule has 2 heterocycles. The molecule has 0 aromatic rings. The summed E-state index contributed by atoms with van der Waals surface area (Å²) in [4.78, 5) is 24.2. The monoisotopic (exact) mass is 354 g/mol. The summed E-state index contributed by atoms with van der Waals surface area (Å²) in [6.45, 7) is 7.99. The van der Waals surface area contributed by atoms with Gasteiger partial charge in [0.2, 0.25) is 0 Å². The molecular formula is C18H26O7. The number of esters is 1. The number of Topliss-reactive ketones (excluding diaryl/α,β-unsaturated/α-hetero) is 1. The van der Waals surface area contributed by atoms with Crippen LogP contribution in [-0.2, 0) is 23.8 Å². The van der Waals surface area contributed by atoms with Gasteiger partial charge in [0, 0.05) is 25.3 Å². The Bertz CT molecular complexity index is 642. The van der Waals surface area contributed by atoms with Gasteiger partial charge in [0.15, 0.2) is 11.9 Å². The lowest BCUT2D eigenvalue weighted by atomic mass is 9.74. The van der Waals surface area contributed by atoms with E-state index in [2.05, 4.69) is 0 Å². The highest BCUT2D eigenvalue weighted by atomic mass is 16.6. The lowest BCUT2D eigenvalue weighted by Crippen LogP contribution is -2.57. The van der Waals surface area contributed by atoms with Crippen LogP contribution in [-0.4, -0.2) is 57.1 Å². The van der Waals surface area contributed by atoms with Crippen LogP contribution in [0.3, 0.4) is 0 Å². The van der Waals surface area contributed by atoms with E-state index >= 15 is 0 Å². The molecule has 1 fully saturated rings. The zero-order chi connectivity index (χ0) is 18.8. The lowest BCUT2D eigenvalue weighted by Gasteiger charge is -2.45. The first kappa shape index (κ1) is 18.4. The van der Waals surface area contributed by atoms with Crippen LogP contribution in [0.25, 0.3) is 0 Å². The Labute approximate surface area is 146 Å². The minimum Gasteiger partial charge on any atom is -0.487 e. The van der Waals surface area contributed by atoms with E-state index < -0.39 is 41.1 Å². The highest BCUT2D eigenvalue weighted by Crippen LogP contribution is 2.50. The number of fused-ring (bicyclic) bond motifs is 1. The van der Waals surface area contributed by atoms with E-state index in [1.807, 2.05) is 0 Å². The standard InChI is InChI=1S/C18H26O7/c1-9(19)23-15-14-10(11(20)7-16(2,3)25-14)6-12-18(15,22)8-13(24-12)17(4,5)21/h12-13,15,21-22H,6-8H2,1-5H3/t12-,13+,15-,18-/m0/s1. The van der Waals surface area contributed by atoms with Crippen LogP contribution in [0.15, 0.2) is 11.3 Å². The predicted molar refractivity (Wildman–Crippen MR) is 86.5 cm³/mol. The molecule has 1 aliphatic carbocycles. The van der Waals surface area contributed by atoms with Crippen LogP contribution in [0.2, 0.25) is 0 Å². The molecule has 25 heavy (non-hydrogen) atoms. The Hall–Kier alpha value is -1.44. The fraction of sp³-hybridized carbons (Fsp3) is 0.778. The molecule has 7 nitrogen and oxygen atoms in total. The van der Waals surface area contributed by atoms with Crippen molar-refractivity contribution in [2.45, 2.75) is 89.0 Å². The van der Waals surface area contributed by atoms with E-state index in [9.17, 15) is 19.8 Å². The normalized spacial score (nSPS) is 37.2. The SMILES string of the molecule is CC(=O)O[C@H]1C2=C(C[C@@H]3O[C@@H](C(C)(C)O)C[C@]31O)C(=O)CC(C)(C)O2. The molecule has 7 heteroatoms. The fourth-order valence-corrected chi connectivity index (χ4v) is 3.90. The summed E-state index contributed by atoms with van der Waals surface area (Å²) in [6.07, 6.45) is -2.07. The second kappa shape index (κ2) is 5.53. The van der Waals surface area contributed by atoms with Crippen LogP contribution < -0.4 is 0 Å². The Kier molecular flexibility index (Phi) is 4.06. The molecule has 0 aromatic heterocycles. The van der Waals surface area contributed by atoms with Crippen molar-refractivity contribution < 1.29 is 34.0 Å². The van der Waals surface area contributed by atoms with Gasteiger partial charge in [-0.2, -0.15) is 0 Å². The van der Waals surface area contributed by atoms with E-state index in [0.717, 1.165) is 0 Å². The third-order valence-electron chi connectivity index (χ3n) is 5.16. The molecule has 0 radical (unpaired) electrons. The van der Waals surface area contributed by atoms with Gasteiger partial charge in [0.05, 0.1) is 24.2 Å². The lowest BCUT2D eigenvalue weighted by molar-refractivity contribution is -0.183. The van der Waals surface area contributed by atoms with Gasteiger partial charge in [-0.15, -0.1) is 0 Å². The molecule has 0 unspecified atom stereocenters. The van der Waals surface area contributed by atoms with Gasteiger partial charge < -0.3 is 24.4 Å². The van der Waals surface area contributed by atoms with E-state index in [4.69, 9.17) is 14.2 Å². The van der Waals surface area contributed by atoms with Crippen molar-refractivity contribution in [1.29, 1.82) is 0 Å². The van der Waals surface area contributed by atoms with Gasteiger partial charge in [-0.3, -0.25) is 9.59 Å². The molecule has 0 bridgehead atoms. The summed E-state index contributed by atoms with van der Waals surface area (Å²) in [7, 11) is 0. The summed E-state index contributed by atoms with van der Waals surface area (Å²) in [6, 6.07) is 0. The molecule has 1 saturated heterocycles. The number of carbonyl (C=O) groups excluding carboxylic acids is 2. The molecule has 3 aliphatic rings. The van der Waals surface area contributed by atoms with E-state index in [-0.39, 0.29) is 30.8 Å². The second-order valence-corrected chi connectivity index (χ2v) is 8.46.